The lowest BCUT2D eigenvalue weighted by atomic mass is 9.75. The number of hydrogen-bond acceptors (Lipinski definition) is 5. The van der Waals surface area contributed by atoms with Gasteiger partial charge in [0.25, 0.3) is 0 Å². The third-order valence-corrected chi connectivity index (χ3v) is 8.12. The number of aromatic nitrogens is 3. The van der Waals surface area contributed by atoms with E-state index in [0.717, 1.165) is 42.5 Å². The zero-order chi connectivity index (χ0) is 20.2. The number of imidazole rings is 1. The highest BCUT2D eigenvalue weighted by Crippen LogP contribution is 2.51. The first kappa shape index (κ1) is 19.2. The summed E-state index contributed by atoms with van der Waals surface area (Å²) in [4.78, 5) is 27.8. The van der Waals surface area contributed by atoms with Gasteiger partial charge in [-0.05, 0) is 40.0 Å². The summed E-state index contributed by atoms with van der Waals surface area (Å²) in [7, 11) is 0. The number of carbonyl (C=O) groups is 1. The maximum atomic E-state index is 13.8. The molecule has 1 saturated carbocycles. The van der Waals surface area contributed by atoms with E-state index < -0.39 is 0 Å². The van der Waals surface area contributed by atoms with Crippen molar-refractivity contribution in [3.63, 3.8) is 0 Å². The van der Waals surface area contributed by atoms with Crippen molar-refractivity contribution in [1.29, 1.82) is 0 Å². The largest absolute Gasteiger partial charge is 0.336 e. The van der Waals surface area contributed by atoms with E-state index in [9.17, 15) is 4.79 Å². The van der Waals surface area contributed by atoms with Crippen molar-refractivity contribution in [1.82, 2.24) is 24.3 Å². The molecule has 2 atom stereocenters. The van der Waals surface area contributed by atoms with E-state index in [-0.39, 0.29) is 11.3 Å². The van der Waals surface area contributed by atoms with Gasteiger partial charge in [-0.2, -0.15) is 0 Å². The van der Waals surface area contributed by atoms with Crippen molar-refractivity contribution in [2.75, 3.05) is 19.6 Å². The Labute approximate surface area is 176 Å². The number of thiazole rings is 1. The Morgan fingerprint density at radius 3 is 2.79 bits per heavy atom. The number of aryl methyl sites for hydroxylation is 1. The second-order valence-corrected chi connectivity index (χ2v) is 10.5. The molecule has 3 aliphatic rings. The smallest absolute Gasteiger partial charge is 0.231 e. The minimum Gasteiger partial charge on any atom is -0.336 e. The molecule has 0 radical (unpaired) electrons. The van der Waals surface area contributed by atoms with Crippen molar-refractivity contribution in [3.05, 3.63) is 34.3 Å². The van der Waals surface area contributed by atoms with Crippen LogP contribution in [0.4, 0.5) is 0 Å². The molecule has 0 bridgehead atoms. The molecule has 2 aromatic rings. The molecule has 5 rings (SSSR count). The van der Waals surface area contributed by atoms with Crippen LogP contribution < -0.4 is 0 Å². The normalized spacial score (nSPS) is 28.2. The van der Waals surface area contributed by atoms with E-state index in [2.05, 4.69) is 39.9 Å². The van der Waals surface area contributed by atoms with Gasteiger partial charge in [-0.3, -0.25) is 9.69 Å². The first-order valence-electron chi connectivity index (χ1n) is 10.9. The molecule has 4 heterocycles. The molecule has 156 valence electrons. The van der Waals surface area contributed by atoms with Gasteiger partial charge in [0, 0.05) is 49.2 Å². The molecule has 1 spiro atoms. The lowest BCUT2D eigenvalue weighted by Crippen LogP contribution is -2.42. The molecule has 0 unspecified atom stereocenters. The molecule has 7 heteroatoms. The second kappa shape index (κ2) is 7.20. The molecule has 0 N–H and O–H groups in total. The zero-order valence-corrected chi connectivity index (χ0v) is 18.5. The molecule has 2 aromatic heterocycles. The highest BCUT2D eigenvalue weighted by Gasteiger charge is 2.58. The van der Waals surface area contributed by atoms with Gasteiger partial charge in [-0.15, -0.1) is 11.3 Å². The third-order valence-electron chi connectivity index (χ3n) is 7.30. The van der Waals surface area contributed by atoms with Crippen molar-refractivity contribution in [2.45, 2.75) is 71.0 Å². The molecule has 6 nitrogen and oxygen atoms in total. The van der Waals surface area contributed by atoms with E-state index in [1.54, 1.807) is 11.3 Å². The van der Waals surface area contributed by atoms with Crippen LogP contribution in [0.25, 0.3) is 0 Å². The van der Waals surface area contributed by atoms with Crippen LogP contribution in [0.15, 0.2) is 17.9 Å². The van der Waals surface area contributed by atoms with Crippen LogP contribution in [0.1, 0.15) is 67.9 Å². The lowest BCUT2D eigenvalue weighted by Gasteiger charge is -2.35. The number of likely N-dealkylation sites (tertiary alicyclic amines) is 2. The number of nitrogens with zero attached hydrogens (tertiary/aromatic N) is 5. The van der Waals surface area contributed by atoms with Gasteiger partial charge in [-0.1, -0.05) is 6.42 Å². The van der Waals surface area contributed by atoms with Gasteiger partial charge in [0.05, 0.1) is 34.7 Å². The summed E-state index contributed by atoms with van der Waals surface area (Å²) in [5.74, 6) is 0.506. The summed E-state index contributed by atoms with van der Waals surface area (Å²) in [5.41, 5.74) is 1.80. The Morgan fingerprint density at radius 2 is 2.17 bits per heavy atom. The van der Waals surface area contributed by atoms with E-state index in [0.29, 0.717) is 24.5 Å². The van der Waals surface area contributed by atoms with Gasteiger partial charge >= 0.3 is 0 Å². The molecule has 3 fully saturated rings. The van der Waals surface area contributed by atoms with E-state index >= 15 is 0 Å². The zero-order valence-electron chi connectivity index (χ0n) is 17.7. The van der Waals surface area contributed by atoms with Crippen LogP contribution in [-0.2, 0) is 11.3 Å². The topological polar surface area (TPSA) is 54.3 Å². The summed E-state index contributed by atoms with van der Waals surface area (Å²) in [5, 5.41) is 3.15. The first-order chi connectivity index (χ1) is 14.0. The molecule has 2 saturated heterocycles. The average molecular weight is 414 g/mol. The monoisotopic (exact) mass is 413 g/mol. The Kier molecular flexibility index (Phi) is 4.78. The average Bonchev–Trinajstić information content (AvgIpc) is 3.39. The number of amides is 1. The third kappa shape index (κ3) is 3.22. The van der Waals surface area contributed by atoms with Crippen LogP contribution in [0.3, 0.4) is 0 Å². The first-order valence-corrected chi connectivity index (χ1v) is 11.8. The summed E-state index contributed by atoms with van der Waals surface area (Å²) in [6.45, 7) is 9.70. The second-order valence-electron chi connectivity index (χ2n) is 9.40. The number of hydrogen-bond donors (Lipinski definition) is 0. The maximum Gasteiger partial charge on any atom is 0.231 e. The molecular weight excluding hydrogens is 382 g/mol. The van der Waals surface area contributed by atoms with Crippen LogP contribution in [0, 0.1) is 12.3 Å². The standard InChI is InChI=1S/C22H31N5OS/c1-15(2)27-11-20(23-14-27)19-10-26(18-5-4-6-18)13-22(19)7-8-25(21(22)28)9-17-12-29-16(3)24-17/h11-12,14-15,18-19H,4-10,13H2,1-3H3/t19-,22+/m1/s1. The Balaban J connectivity index is 1.43. The van der Waals surface area contributed by atoms with Gasteiger partial charge in [0.1, 0.15) is 0 Å². The summed E-state index contributed by atoms with van der Waals surface area (Å²) < 4.78 is 2.17. The minimum absolute atomic E-state index is 0.192. The Hall–Kier alpha value is -1.73. The Morgan fingerprint density at radius 1 is 1.34 bits per heavy atom. The van der Waals surface area contributed by atoms with Gasteiger partial charge in [0.15, 0.2) is 0 Å². The predicted octanol–water partition coefficient (Wildman–Crippen LogP) is 3.60. The van der Waals surface area contributed by atoms with Crippen molar-refractivity contribution < 1.29 is 4.79 Å². The van der Waals surface area contributed by atoms with Crippen molar-refractivity contribution in [2.24, 2.45) is 5.41 Å². The summed E-state index contributed by atoms with van der Waals surface area (Å²) >= 11 is 1.66. The molecule has 1 amide bonds. The number of rotatable bonds is 5. The summed E-state index contributed by atoms with van der Waals surface area (Å²) in [6, 6.07) is 1.05. The van der Waals surface area contributed by atoms with E-state index in [4.69, 9.17) is 4.98 Å². The maximum absolute atomic E-state index is 13.8. The predicted molar refractivity (Wildman–Crippen MR) is 114 cm³/mol. The lowest BCUT2D eigenvalue weighted by molar-refractivity contribution is -0.136. The van der Waals surface area contributed by atoms with Crippen LogP contribution >= 0.6 is 11.3 Å². The molecule has 2 aliphatic heterocycles. The summed E-state index contributed by atoms with van der Waals surface area (Å²) in [6.07, 6.45) is 8.93. The van der Waals surface area contributed by atoms with Gasteiger partial charge in [0.2, 0.25) is 5.91 Å². The highest BCUT2D eigenvalue weighted by atomic mass is 32.1. The quantitative estimate of drug-likeness (QED) is 0.752. The van der Waals surface area contributed by atoms with Crippen LogP contribution in [0.5, 0.6) is 0 Å². The van der Waals surface area contributed by atoms with Gasteiger partial charge in [-0.25, -0.2) is 9.97 Å². The molecule has 1 aliphatic carbocycles. The fraction of sp³-hybridized carbons (Fsp3) is 0.682. The Bertz CT molecular complexity index is 901. The van der Waals surface area contributed by atoms with Gasteiger partial charge < -0.3 is 9.47 Å². The molecular formula is C22H31N5OS. The fourth-order valence-corrected chi connectivity index (χ4v) is 5.93. The van der Waals surface area contributed by atoms with E-state index in [1.807, 2.05) is 18.2 Å². The van der Waals surface area contributed by atoms with Crippen LogP contribution in [0.2, 0.25) is 0 Å². The van der Waals surface area contributed by atoms with E-state index in [1.165, 1.54) is 19.3 Å². The van der Waals surface area contributed by atoms with Crippen LogP contribution in [-0.4, -0.2) is 55.9 Å². The minimum atomic E-state index is -0.323. The van der Waals surface area contributed by atoms with Crippen molar-refractivity contribution in [3.8, 4) is 0 Å². The highest BCUT2D eigenvalue weighted by molar-refractivity contribution is 7.09. The SMILES string of the molecule is Cc1nc(CN2CC[C@@]3(CN(C4CCC4)C[C@@H]3c3cn(C(C)C)cn3)C2=O)cs1. The number of carbonyl (C=O) groups excluding carboxylic acids is 1. The molecule has 29 heavy (non-hydrogen) atoms. The molecule has 0 aromatic carbocycles. The fourth-order valence-electron chi connectivity index (χ4n) is 5.32. The van der Waals surface area contributed by atoms with Crippen molar-refractivity contribution >= 4 is 17.2 Å².